The number of anilines is 1. The lowest BCUT2D eigenvalue weighted by Crippen LogP contribution is -2.21. The maximum Gasteiger partial charge on any atom is 0.307 e. The van der Waals surface area contributed by atoms with E-state index in [1.165, 1.54) is 24.3 Å². The molecule has 7 heteroatoms. The number of nitrogens with one attached hydrogen (secondary N) is 1. The third-order valence-corrected chi connectivity index (χ3v) is 4.65. The molecule has 5 nitrogen and oxygen atoms in total. The molecule has 0 fully saturated rings. The molecule has 0 aromatic heterocycles. The fraction of sp³-hybridized carbons (Fsp3) is 0.125. The monoisotopic (exact) mass is 439 g/mol. The number of hydrogen-bond donors (Lipinski definition) is 1. The first-order valence-corrected chi connectivity index (χ1v) is 9.90. The number of carbonyl (C=O) groups is 3. The van der Waals surface area contributed by atoms with Crippen molar-refractivity contribution in [2.24, 2.45) is 0 Å². The summed E-state index contributed by atoms with van der Waals surface area (Å²) in [5.74, 6) is -1.93. The Balaban J connectivity index is 1.65. The maximum absolute atomic E-state index is 13.0. The van der Waals surface area contributed by atoms with Crippen molar-refractivity contribution >= 4 is 34.9 Å². The molecule has 0 aliphatic carbocycles. The number of ketones is 1. The lowest BCUT2D eigenvalue weighted by Gasteiger charge is -2.17. The third-order valence-electron chi connectivity index (χ3n) is 4.40. The Morgan fingerprint density at radius 3 is 2.16 bits per heavy atom. The Morgan fingerprint density at radius 2 is 1.52 bits per heavy atom. The molecule has 0 unspecified atom stereocenters. The van der Waals surface area contributed by atoms with Crippen LogP contribution in [0.3, 0.4) is 0 Å². The van der Waals surface area contributed by atoms with Crippen LogP contribution in [0.5, 0.6) is 0 Å². The SMILES string of the molecule is O=C(CCC(=O)O[C@@H](C(=O)c1ccccc1)c1ccc(Cl)cc1)Nc1ccc(F)cc1. The highest BCUT2D eigenvalue weighted by Gasteiger charge is 2.26. The molecule has 158 valence electrons. The second kappa shape index (κ2) is 10.5. The molecule has 1 amide bonds. The minimum absolute atomic E-state index is 0.150. The molecule has 1 atom stereocenters. The molecule has 3 aromatic rings. The van der Waals surface area contributed by atoms with Crippen LogP contribution in [-0.4, -0.2) is 17.7 Å². The van der Waals surface area contributed by atoms with Gasteiger partial charge in [-0.1, -0.05) is 54.1 Å². The first kappa shape index (κ1) is 22.2. The molecule has 0 saturated carbocycles. The van der Waals surface area contributed by atoms with Gasteiger partial charge in [0, 0.05) is 28.3 Å². The average molecular weight is 440 g/mol. The zero-order valence-electron chi connectivity index (χ0n) is 16.4. The number of esters is 1. The number of rotatable bonds is 8. The number of Topliss-reactive ketones (excluding diaryl/α,β-unsaturated/α-hetero) is 1. The first-order valence-electron chi connectivity index (χ1n) is 9.52. The van der Waals surface area contributed by atoms with Crippen LogP contribution < -0.4 is 5.32 Å². The summed E-state index contributed by atoms with van der Waals surface area (Å²) in [4.78, 5) is 37.4. The number of hydrogen-bond acceptors (Lipinski definition) is 4. The molecule has 3 aromatic carbocycles. The fourth-order valence-electron chi connectivity index (χ4n) is 2.83. The standard InChI is InChI=1S/C24H19ClFNO4/c25-18-8-6-17(7-9-18)24(23(30)16-4-2-1-3-5-16)31-22(29)15-14-21(28)27-20-12-10-19(26)11-13-20/h1-13,24H,14-15H2,(H,27,28)/t24-/m1/s1. The summed E-state index contributed by atoms with van der Waals surface area (Å²) < 4.78 is 18.4. The topological polar surface area (TPSA) is 72.5 Å². The molecule has 0 saturated heterocycles. The minimum Gasteiger partial charge on any atom is -0.449 e. The van der Waals surface area contributed by atoms with E-state index in [9.17, 15) is 18.8 Å². The van der Waals surface area contributed by atoms with Gasteiger partial charge in [0.25, 0.3) is 0 Å². The highest BCUT2D eigenvalue weighted by atomic mass is 35.5. The van der Waals surface area contributed by atoms with E-state index in [4.69, 9.17) is 16.3 Å². The molecule has 0 radical (unpaired) electrons. The Morgan fingerprint density at radius 1 is 0.871 bits per heavy atom. The van der Waals surface area contributed by atoms with E-state index in [2.05, 4.69) is 5.32 Å². The van der Waals surface area contributed by atoms with Gasteiger partial charge < -0.3 is 10.1 Å². The van der Waals surface area contributed by atoms with Gasteiger partial charge in [-0.05, 0) is 36.4 Å². The van der Waals surface area contributed by atoms with Crippen LogP contribution in [-0.2, 0) is 14.3 Å². The average Bonchev–Trinajstić information content (AvgIpc) is 2.78. The summed E-state index contributed by atoms with van der Waals surface area (Å²) in [6, 6.07) is 20.2. The molecule has 3 rings (SSSR count). The molecule has 0 spiro atoms. The van der Waals surface area contributed by atoms with Crippen molar-refractivity contribution in [3.63, 3.8) is 0 Å². The fourth-order valence-corrected chi connectivity index (χ4v) is 2.95. The van der Waals surface area contributed by atoms with Gasteiger partial charge in [0.1, 0.15) is 5.82 Å². The summed E-state index contributed by atoms with van der Waals surface area (Å²) in [6.45, 7) is 0. The normalized spacial score (nSPS) is 11.4. The smallest absolute Gasteiger partial charge is 0.307 e. The second-order valence-electron chi connectivity index (χ2n) is 6.71. The lowest BCUT2D eigenvalue weighted by molar-refractivity contribution is -0.148. The largest absolute Gasteiger partial charge is 0.449 e. The van der Waals surface area contributed by atoms with Crippen molar-refractivity contribution in [3.05, 3.63) is 101 Å². The van der Waals surface area contributed by atoms with Crippen LogP contribution in [0.1, 0.15) is 34.9 Å². The molecule has 31 heavy (non-hydrogen) atoms. The van der Waals surface area contributed by atoms with Crippen LogP contribution in [0.25, 0.3) is 0 Å². The summed E-state index contributed by atoms with van der Waals surface area (Å²) in [5, 5.41) is 3.05. The Kier molecular flexibility index (Phi) is 7.51. The van der Waals surface area contributed by atoms with Gasteiger partial charge >= 0.3 is 5.97 Å². The molecular weight excluding hydrogens is 421 g/mol. The van der Waals surface area contributed by atoms with Gasteiger partial charge in [0.05, 0.1) is 6.42 Å². The summed E-state index contributed by atoms with van der Waals surface area (Å²) in [5.41, 5.74) is 1.28. The molecule has 0 aliphatic heterocycles. The van der Waals surface area contributed by atoms with Gasteiger partial charge in [0.15, 0.2) is 6.10 Å². The number of benzene rings is 3. The highest BCUT2D eigenvalue weighted by molar-refractivity contribution is 6.30. The Hall–Kier alpha value is -3.51. The van der Waals surface area contributed by atoms with Gasteiger partial charge in [-0.25, -0.2) is 4.39 Å². The van der Waals surface area contributed by atoms with Crippen molar-refractivity contribution in [1.29, 1.82) is 0 Å². The zero-order valence-corrected chi connectivity index (χ0v) is 17.1. The third kappa shape index (κ3) is 6.49. The lowest BCUT2D eigenvalue weighted by atomic mass is 10.00. The second-order valence-corrected chi connectivity index (χ2v) is 7.14. The summed E-state index contributed by atoms with van der Waals surface area (Å²) in [6.07, 6.45) is -1.53. The summed E-state index contributed by atoms with van der Waals surface area (Å²) >= 11 is 5.92. The van der Waals surface area contributed by atoms with Gasteiger partial charge in [-0.15, -0.1) is 0 Å². The van der Waals surface area contributed by atoms with E-state index in [1.54, 1.807) is 54.6 Å². The number of halogens is 2. The van der Waals surface area contributed by atoms with Gasteiger partial charge in [0.2, 0.25) is 11.7 Å². The van der Waals surface area contributed by atoms with E-state index < -0.39 is 23.8 Å². The van der Waals surface area contributed by atoms with E-state index in [-0.39, 0.29) is 18.6 Å². The minimum atomic E-state index is -1.16. The van der Waals surface area contributed by atoms with Crippen molar-refractivity contribution in [2.45, 2.75) is 18.9 Å². The molecule has 0 heterocycles. The Labute approximate surface area is 183 Å². The van der Waals surface area contributed by atoms with Crippen molar-refractivity contribution in [2.75, 3.05) is 5.32 Å². The number of ether oxygens (including phenoxy) is 1. The van der Waals surface area contributed by atoms with E-state index in [1.807, 2.05) is 0 Å². The Bertz CT molecular complexity index is 1050. The predicted octanol–water partition coefficient (Wildman–Crippen LogP) is 5.37. The van der Waals surface area contributed by atoms with Crippen LogP contribution >= 0.6 is 11.6 Å². The zero-order chi connectivity index (χ0) is 22.2. The maximum atomic E-state index is 13.0. The number of amides is 1. The predicted molar refractivity (Wildman–Crippen MR) is 115 cm³/mol. The van der Waals surface area contributed by atoms with E-state index in [0.29, 0.717) is 21.8 Å². The van der Waals surface area contributed by atoms with Crippen molar-refractivity contribution in [3.8, 4) is 0 Å². The van der Waals surface area contributed by atoms with Gasteiger partial charge in [-0.3, -0.25) is 14.4 Å². The number of carbonyl (C=O) groups excluding carboxylic acids is 3. The quantitative estimate of drug-likeness (QED) is 0.378. The van der Waals surface area contributed by atoms with E-state index in [0.717, 1.165) is 0 Å². The van der Waals surface area contributed by atoms with Crippen LogP contribution in [0.15, 0.2) is 78.9 Å². The van der Waals surface area contributed by atoms with Crippen LogP contribution in [0, 0.1) is 5.82 Å². The molecule has 0 bridgehead atoms. The van der Waals surface area contributed by atoms with Crippen molar-refractivity contribution < 1.29 is 23.5 Å². The molecule has 1 N–H and O–H groups in total. The van der Waals surface area contributed by atoms with Crippen LogP contribution in [0.4, 0.5) is 10.1 Å². The molecule has 0 aliphatic rings. The highest BCUT2D eigenvalue weighted by Crippen LogP contribution is 2.25. The summed E-state index contributed by atoms with van der Waals surface area (Å²) in [7, 11) is 0. The first-order chi connectivity index (χ1) is 14.9. The van der Waals surface area contributed by atoms with Crippen molar-refractivity contribution in [1.82, 2.24) is 0 Å². The van der Waals surface area contributed by atoms with Gasteiger partial charge in [-0.2, -0.15) is 0 Å². The van der Waals surface area contributed by atoms with E-state index >= 15 is 0 Å². The van der Waals surface area contributed by atoms with Crippen LogP contribution in [0.2, 0.25) is 5.02 Å². The molecular formula is C24H19ClFNO4.